The van der Waals surface area contributed by atoms with Crippen LogP contribution in [-0.4, -0.2) is 17.6 Å². The molecule has 3 N–H and O–H groups in total. The van der Waals surface area contributed by atoms with Gasteiger partial charge in [-0.05, 0) is 43.3 Å². The molecule has 0 saturated heterocycles. The van der Waals surface area contributed by atoms with Gasteiger partial charge in [0.15, 0.2) is 5.11 Å². The van der Waals surface area contributed by atoms with Crippen LogP contribution in [0.1, 0.15) is 11.1 Å². The summed E-state index contributed by atoms with van der Waals surface area (Å²) in [5.41, 5.74) is 7.92. The number of nitrogens with one attached hydrogen (secondary N) is 3. The number of carbonyl (C=O) groups excluding carboxylic acids is 1. The largest absolute Gasteiger partial charge is 0.331 e. The fourth-order valence-corrected chi connectivity index (χ4v) is 1.42. The quantitative estimate of drug-likeness (QED) is 0.430. The minimum absolute atomic E-state index is 0.223. The number of amides is 1. The zero-order valence-corrected chi connectivity index (χ0v) is 11.0. The van der Waals surface area contributed by atoms with Gasteiger partial charge in [-0.25, -0.2) is 6.57 Å². The first-order chi connectivity index (χ1) is 8.52. The Morgan fingerprint density at radius 2 is 2.11 bits per heavy atom. The van der Waals surface area contributed by atoms with Gasteiger partial charge in [0.2, 0.25) is 0 Å². The third kappa shape index (κ3) is 4.39. The molecule has 0 unspecified atom stereocenters. The van der Waals surface area contributed by atoms with Crippen LogP contribution in [0.25, 0.3) is 4.85 Å². The lowest BCUT2D eigenvalue weighted by atomic mass is 10.1. The highest BCUT2D eigenvalue weighted by molar-refractivity contribution is 7.80. The highest BCUT2D eigenvalue weighted by atomic mass is 32.1. The lowest BCUT2D eigenvalue weighted by Crippen LogP contribution is -2.44. The van der Waals surface area contributed by atoms with Crippen LogP contribution >= 0.6 is 12.2 Å². The van der Waals surface area contributed by atoms with Crippen LogP contribution in [0.3, 0.4) is 0 Å². The zero-order valence-electron chi connectivity index (χ0n) is 10.2. The molecule has 1 aromatic rings. The van der Waals surface area contributed by atoms with E-state index in [1.807, 2.05) is 32.0 Å². The van der Waals surface area contributed by atoms with Gasteiger partial charge < -0.3 is 10.2 Å². The summed E-state index contributed by atoms with van der Waals surface area (Å²) < 4.78 is 0. The minimum atomic E-state index is -0.421. The molecule has 0 atom stereocenters. The van der Waals surface area contributed by atoms with Gasteiger partial charge in [0.1, 0.15) is 0 Å². The first kappa shape index (κ1) is 13.9. The summed E-state index contributed by atoms with van der Waals surface area (Å²) in [5.74, 6) is -0.421. The maximum Gasteiger partial charge on any atom is 0.318 e. The van der Waals surface area contributed by atoms with Crippen molar-refractivity contribution in [3.63, 3.8) is 0 Å². The van der Waals surface area contributed by atoms with Crippen LogP contribution in [0.15, 0.2) is 18.2 Å². The van der Waals surface area contributed by atoms with Crippen LogP contribution in [0, 0.1) is 20.4 Å². The molecule has 0 aliphatic heterocycles. The maximum absolute atomic E-state index is 11.0. The second kappa shape index (κ2) is 6.57. The molecule has 1 aromatic carbocycles. The summed E-state index contributed by atoms with van der Waals surface area (Å²) >= 11 is 5.03. The van der Waals surface area contributed by atoms with Crippen molar-refractivity contribution in [2.75, 3.05) is 11.9 Å². The van der Waals surface area contributed by atoms with E-state index in [9.17, 15) is 4.79 Å². The number of hydrogen-bond donors (Lipinski definition) is 3. The molecule has 0 fully saturated rings. The Bertz CT molecular complexity index is 507. The second-order valence-electron chi connectivity index (χ2n) is 3.76. The summed E-state index contributed by atoms with van der Waals surface area (Å²) in [6.45, 7) is 10.3. The van der Waals surface area contributed by atoms with Crippen LogP contribution in [-0.2, 0) is 4.79 Å². The fraction of sp³-hybridized carbons (Fsp3) is 0.250. The highest BCUT2D eigenvalue weighted by Crippen LogP contribution is 2.15. The Morgan fingerprint density at radius 1 is 1.39 bits per heavy atom. The predicted octanol–water partition coefficient (Wildman–Crippen LogP) is 1.54. The molecule has 0 aliphatic rings. The van der Waals surface area contributed by atoms with E-state index in [1.54, 1.807) is 0 Å². The van der Waals surface area contributed by atoms with E-state index in [1.165, 1.54) is 0 Å². The number of thiocarbonyl (C=S) groups is 1. The summed E-state index contributed by atoms with van der Waals surface area (Å²) in [6, 6.07) is 5.95. The standard InChI is InChI=1S/C12H14N4OS/c1-8-4-5-9(2)10(6-8)14-12(18)16-15-11(17)7-13-3/h4-6H,7H2,1-2H3,(H,15,17)(H2,14,16,18). The van der Waals surface area contributed by atoms with Crippen molar-refractivity contribution in [1.82, 2.24) is 10.9 Å². The Morgan fingerprint density at radius 3 is 2.78 bits per heavy atom. The number of benzene rings is 1. The number of nitrogens with zero attached hydrogens (tertiary/aromatic N) is 1. The Hall–Kier alpha value is -2.13. The van der Waals surface area contributed by atoms with Crippen LogP contribution in [0.5, 0.6) is 0 Å². The highest BCUT2D eigenvalue weighted by Gasteiger charge is 2.05. The number of hydrazine groups is 1. The van der Waals surface area contributed by atoms with Crippen molar-refractivity contribution in [2.24, 2.45) is 0 Å². The van der Waals surface area contributed by atoms with Crippen LogP contribution in [0.2, 0.25) is 0 Å². The first-order valence-corrected chi connectivity index (χ1v) is 5.70. The van der Waals surface area contributed by atoms with Gasteiger partial charge >= 0.3 is 5.91 Å². The monoisotopic (exact) mass is 262 g/mol. The van der Waals surface area contributed by atoms with Gasteiger partial charge in [-0.15, -0.1) is 0 Å². The van der Waals surface area contributed by atoms with E-state index in [0.29, 0.717) is 0 Å². The topological polar surface area (TPSA) is 57.5 Å². The third-order valence-corrected chi connectivity index (χ3v) is 2.38. The predicted molar refractivity (Wildman–Crippen MR) is 74.9 cm³/mol. The molecule has 18 heavy (non-hydrogen) atoms. The average molecular weight is 262 g/mol. The van der Waals surface area contributed by atoms with Crippen molar-refractivity contribution < 1.29 is 4.79 Å². The number of hydrogen-bond acceptors (Lipinski definition) is 2. The molecular weight excluding hydrogens is 248 g/mol. The summed E-state index contributed by atoms with van der Waals surface area (Å²) in [7, 11) is 0. The SMILES string of the molecule is [C-]#[N+]CC(=O)NNC(=S)Nc1cc(C)ccc1C. The molecule has 0 aromatic heterocycles. The first-order valence-electron chi connectivity index (χ1n) is 5.29. The molecular formula is C12H14N4OS. The number of aryl methyl sites for hydroxylation is 2. The van der Waals surface area contributed by atoms with E-state index in [0.717, 1.165) is 16.8 Å². The van der Waals surface area contributed by atoms with Gasteiger partial charge in [-0.1, -0.05) is 12.1 Å². The van der Waals surface area contributed by atoms with E-state index in [4.69, 9.17) is 18.8 Å². The minimum Gasteiger partial charge on any atom is -0.331 e. The summed E-state index contributed by atoms with van der Waals surface area (Å²) in [5, 5.41) is 3.26. The van der Waals surface area contributed by atoms with Gasteiger partial charge in [0.25, 0.3) is 6.54 Å². The fourth-order valence-electron chi connectivity index (χ4n) is 1.26. The van der Waals surface area contributed by atoms with E-state index in [2.05, 4.69) is 21.0 Å². The Labute approximate surface area is 111 Å². The van der Waals surface area contributed by atoms with Gasteiger partial charge in [0, 0.05) is 5.69 Å². The second-order valence-corrected chi connectivity index (χ2v) is 4.17. The number of anilines is 1. The molecule has 0 aliphatic carbocycles. The molecule has 0 spiro atoms. The molecule has 5 nitrogen and oxygen atoms in total. The lowest BCUT2D eigenvalue weighted by Gasteiger charge is -2.12. The summed E-state index contributed by atoms with van der Waals surface area (Å²) in [6.07, 6.45) is 0. The van der Waals surface area contributed by atoms with E-state index >= 15 is 0 Å². The van der Waals surface area contributed by atoms with Gasteiger partial charge in [-0.3, -0.25) is 15.6 Å². The summed E-state index contributed by atoms with van der Waals surface area (Å²) in [4.78, 5) is 14.0. The average Bonchev–Trinajstić information content (AvgIpc) is 2.32. The van der Waals surface area contributed by atoms with Crippen molar-refractivity contribution >= 4 is 28.9 Å². The molecule has 1 rings (SSSR count). The third-order valence-electron chi connectivity index (χ3n) is 2.18. The molecule has 0 bridgehead atoms. The number of carbonyl (C=O) groups is 1. The van der Waals surface area contributed by atoms with Crippen LogP contribution < -0.4 is 16.2 Å². The van der Waals surface area contributed by atoms with E-state index in [-0.39, 0.29) is 11.7 Å². The van der Waals surface area contributed by atoms with Crippen molar-refractivity contribution in [2.45, 2.75) is 13.8 Å². The number of rotatable bonds is 2. The smallest absolute Gasteiger partial charge is 0.318 e. The van der Waals surface area contributed by atoms with Gasteiger partial charge in [-0.2, -0.15) is 0 Å². The van der Waals surface area contributed by atoms with Crippen molar-refractivity contribution in [1.29, 1.82) is 0 Å². The lowest BCUT2D eigenvalue weighted by molar-refractivity contribution is -0.119. The molecule has 6 heteroatoms. The molecule has 0 saturated carbocycles. The maximum atomic E-state index is 11.0. The molecule has 0 radical (unpaired) electrons. The Balaban J connectivity index is 2.52. The Kier molecular flexibility index (Phi) is 5.08. The van der Waals surface area contributed by atoms with Crippen molar-refractivity contribution in [3.8, 4) is 0 Å². The van der Waals surface area contributed by atoms with Crippen LogP contribution in [0.4, 0.5) is 5.69 Å². The van der Waals surface area contributed by atoms with Gasteiger partial charge in [0.05, 0.1) is 0 Å². The zero-order chi connectivity index (χ0) is 13.5. The normalized spacial score (nSPS) is 9.17. The molecule has 94 valence electrons. The molecule has 1 amide bonds. The van der Waals surface area contributed by atoms with Crippen molar-refractivity contribution in [3.05, 3.63) is 40.7 Å². The van der Waals surface area contributed by atoms with E-state index < -0.39 is 5.91 Å². The molecule has 0 heterocycles.